The van der Waals surface area contributed by atoms with E-state index in [1.54, 1.807) is 20.4 Å². The number of fused-ring (bicyclic) bond motifs is 2. The fraction of sp³-hybridized carbons (Fsp3) is 0.318. The topological polar surface area (TPSA) is 90.4 Å². The van der Waals surface area contributed by atoms with Crippen LogP contribution in [0.4, 0.5) is 0 Å². The summed E-state index contributed by atoms with van der Waals surface area (Å²) < 4.78 is 1.76. The van der Waals surface area contributed by atoms with Gasteiger partial charge in [0.1, 0.15) is 17.8 Å². The number of nitrogens with zero attached hydrogens (tertiary/aromatic N) is 3. The van der Waals surface area contributed by atoms with Gasteiger partial charge in [-0.25, -0.2) is 0 Å². The normalized spacial score (nSPS) is 21.6. The molecule has 5 rings (SSSR count). The van der Waals surface area contributed by atoms with Crippen molar-refractivity contribution < 1.29 is 14.4 Å². The molecule has 0 spiro atoms. The van der Waals surface area contributed by atoms with Crippen LogP contribution in [0.3, 0.4) is 0 Å². The van der Waals surface area contributed by atoms with E-state index in [0.29, 0.717) is 25.2 Å². The second kappa shape index (κ2) is 7.05. The number of para-hydroxylation sites is 1. The number of hydrogen-bond donors (Lipinski definition) is 2. The number of aromatic amines is 1. The molecule has 30 heavy (non-hydrogen) atoms. The third kappa shape index (κ3) is 2.96. The summed E-state index contributed by atoms with van der Waals surface area (Å²) in [6.45, 7) is 0.984. The van der Waals surface area contributed by atoms with Crippen LogP contribution >= 0.6 is 0 Å². The molecule has 0 saturated carbocycles. The van der Waals surface area contributed by atoms with Crippen LogP contribution in [-0.2, 0) is 23.1 Å². The van der Waals surface area contributed by atoms with E-state index < -0.39 is 12.1 Å². The van der Waals surface area contributed by atoms with Gasteiger partial charge in [-0.05, 0) is 23.8 Å². The van der Waals surface area contributed by atoms with Crippen molar-refractivity contribution in [1.82, 2.24) is 24.7 Å². The number of hydrogen-bond acceptors (Lipinski definition) is 3. The number of nitrogens with one attached hydrogen (secondary N) is 2. The highest BCUT2D eigenvalue weighted by molar-refractivity contribution is 5.99. The Hall–Kier alpha value is -3.55. The zero-order valence-electron chi connectivity index (χ0n) is 16.7. The molecule has 2 aliphatic heterocycles. The Kier molecular flexibility index (Phi) is 4.34. The zero-order chi connectivity index (χ0) is 20.8. The van der Waals surface area contributed by atoms with E-state index >= 15 is 0 Å². The third-order valence-electron chi connectivity index (χ3n) is 6.13. The summed E-state index contributed by atoms with van der Waals surface area (Å²) >= 11 is 0. The molecule has 2 atom stereocenters. The molecular formula is C22H23N5O3. The summed E-state index contributed by atoms with van der Waals surface area (Å²) in [5.74, 6) is -0.414. The van der Waals surface area contributed by atoms with Crippen molar-refractivity contribution in [3.63, 3.8) is 0 Å². The number of H-pyrrole nitrogens is 1. The summed E-state index contributed by atoms with van der Waals surface area (Å²) in [4.78, 5) is 45.3. The standard InChI is InChI=1S/C22H23N5O3/c1-25-8-4-7-18(25)22(30)26-9-10-27-19(13-26)20(28)24-17(21(27)29)11-14-12-23-16-6-3-2-5-15(14)16/h2-8,12,17,19,23H,9-11,13H2,1H3,(H,24,28)/t17-,19+/m0/s1. The van der Waals surface area contributed by atoms with Gasteiger partial charge in [-0.15, -0.1) is 0 Å². The summed E-state index contributed by atoms with van der Waals surface area (Å²) in [5.41, 5.74) is 2.58. The quantitative estimate of drug-likeness (QED) is 0.678. The van der Waals surface area contributed by atoms with Gasteiger partial charge in [0.05, 0.1) is 6.54 Å². The first-order valence-electron chi connectivity index (χ1n) is 10.1. The monoisotopic (exact) mass is 405 g/mol. The average Bonchev–Trinajstić information content (AvgIpc) is 3.37. The molecule has 2 aliphatic rings. The Morgan fingerprint density at radius 2 is 1.97 bits per heavy atom. The highest BCUT2D eigenvalue weighted by Gasteiger charge is 2.44. The fourth-order valence-electron chi connectivity index (χ4n) is 4.49. The molecule has 154 valence electrons. The number of amides is 3. The molecular weight excluding hydrogens is 382 g/mol. The van der Waals surface area contributed by atoms with Crippen molar-refractivity contribution in [3.8, 4) is 0 Å². The van der Waals surface area contributed by atoms with Crippen molar-refractivity contribution in [1.29, 1.82) is 0 Å². The van der Waals surface area contributed by atoms with Gasteiger partial charge >= 0.3 is 0 Å². The van der Waals surface area contributed by atoms with E-state index in [9.17, 15) is 14.4 Å². The van der Waals surface area contributed by atoms with Crippen LogP contribution in [0.2, 0.25) is 0 Å². The number of carbonyl (C=O) groups excluding carboxylic acids is 3. The highest BCUT2D eigenvalue weighted by atomic mass is 16.2. The summed E-state index contributed by atoms with van der Waals surface area (Å²) in [5, 5.41) is 3.94. The molecule has 0 bridgehead atoms. The first-order valence-corrected chi connectivity index (χ1v) is 10.1. The summed E-state index contributed by atoms with van der Waals surface area (Å²) in [6, 6.07) is 10.2. The Morgan fingerprint density at radius 3 is 2.77 bits per heavy atom. The van der Waals surface area contributed by atoms with Crippen molar-refractivity contribution in [3.05, 3.63) is 60.0 Å². The molecule has 3 amide bonds. The van der Waals surface area contributed by atoms with E-state index in [1.807, 2.05) is 49.8 Å². The number of carbonyl (C=O) groups is 3. The Morgan fingerprint density at radius 1 is 1.13 bits per heavy atom. The van der Waals surface area contributed by atoms with E-state index in [-0.39, 0.29) is 24.3 Å². The van der Waals surface area contributed by atoms with Gasteiger partial charge in [0.25, 0.3) is 5.91 Å². The number of aromatic nitrogens is 2. The molecule has 0 radical (unpaired) electrons. The van der Waals surface area contributed by atoms with E-state index in [1.165, 1.54) is 0 Å². The van der Waals surface area contributed by atoms with Crippen molar-refractivity contribution in [2.45, 2.75) is 18.5 Å². The average molecular weight is 405 g/mol. The Bertz CT molecular complexity index is 1150. The van der Waals surface area contributed by atoms with Crippen LogP contribution in [0.5, 0.6) is 0 Å². The molecule has 2 fully saturated rings. The maximum atomic E-state index is 13.1. The maximum Gasteiger partial charge on any atom is 0.270 e. The molecule has 2 aromatic heterocycles. The SMILES string of the molecule is Cn1cccc1C(=O)N1CCN2C(=O)[C@H](Cc3c[nH]c4ccccc34)NC(=O)[C@H]2C1. The first-order chi connectivity index (χ1) is 14.5. The van der Waals surface area contributed by atoms with Gasteiger partial charge in [-0.1, -0.05) is 18.2 Å². The zero-order valence-corrected chi connectivity index (χ0v) is 16.7. The second-order valence-electron chi connectivity index (χ2n) is 7.93. The lowest BCUT2D eigenvalue weighted by atomic mass is 9.98. The highest BCUT2D eigenvalue weighted by Crippen LogP contribution is 2.23. The maximum absolute atomic E-state index is 13.1. The van der Waals surface area contributed by atoms with Crippen molar-refractivity contribution in [2.24, 2.45) is 7.05 Å². The molecule has 0 aliphatic carbocycles. The molecule has 3 aromatic rings. The van der Waals surface area contributed by atoms with Gasteiger partial charge in [0, 0.05) is 49.9 Å². The summed E-state index contributed by atoms with van der Waals surface area (Å²) in [6.07, 6.45) is 4.14. The van der Waals surface area contributed by atoms with Crippen LogP contribution in [0.15, 0.2) is 48.8 Å². The molecule has 0 unspecified atom stereocenters. The van der Waals surface area contributed by atoms with E-state index in [4.69, 9.17) is 0 Å². The number of piperazine rings is 2. The van der Waals surface area contributed by atoms with E-state index in [0.717, 1.165) is 16.5 Å². The Labute approximate surface area is 173 Å². The molecule has 8 nitrogen and oxygen atoms in total. The van der Waals surface area contributed by atoms with Crippen molar-refractivity contribution >= 4 is 28.6 Å². The lowest BCUT2D eigenvalue weighted by molar-refractivity contribution is -0.152. The number of benzene rings is 1. The largest absolute Gasteiger partial charge is 0.361 e. The second-order valence-corrected chi connectivity index (χ2v) is 7.93. The first kappa shape index (κ1) is 18.5. The van der Waals surface area contributed by atoms with Crippen LogP contribution in [0, 0.1) is 0 Å². The minimum Gasteiger partial charge on any atom is -0.361 e. The molecule has 8 heteroatoms. The van der Waals surface area contributed by atoms with Crippen LogP contribution < -0.4 is 5.32 Å². The number of aryl methyl sites for hydroxylation is 1. The smallest absolute Gasteiger partial charge is 0.270 e. The van der Waals surface area contributed by atoms with Gasteiger partial charge in [0.2, 0.25) is 11.8 Å². The minimum atomic E-state index is -0.644. The van der Waals surface area contributed by atoms with Gasteiger partial charge in [-0.3, -0.25) is 14.4 Å². The molecule has 1 aromatic carbocycles. The molecule has 2 N–H and O–H groups in total. The molecule has 4 heterocycles. The predicted molar refractivity (Wildman–Crippen MR) is 111 cm³/mol. The summed E-state index contributed by atoms with van der Waals surface area (Å²) in [7, 11) is 1.82. The lowest BCUT2D eigenvalue weighted by Crippen LogP contribution is -2.70. The van der Waals surface area contributed by atoms with E-state index in [2.05, 4.69) is 10.3 Å². The van der Waals surface area contributed by atoms with Gasteiger partial charge in [-0.2, -0.15) is 0 Å². The minimum absolute atomic E-state index is 0.0872. The van der Waals surface area contributed by atoms with Crippen LogP contribution in [-0.4, -0.2) is 68.8 Å². The third-order valence-corrected chi connectivity index (χ3v) is 6.13. The molecule has 2 saturated heterocycles. The van der Waals surface area contributed by atoms with Crippen LogP contribution in [0.25, 0.3) is 10.9 Å². The fourth-order valence-corrected chi connectivity index (χ4v) is 4.49. The number of rotatable bonds is 3. The van der Waals surface area contributed by atoms with Crippen LogP contribution in [0.1, 0.15) is 16.1 Å². The van der Waals surface area contributed by atoms with Gasteiger partial charge in [0.15, 0.2) is 0 Å². The Balaban J connectivity index is 1.32. The van der Waals surface area contributed by atoms with Gasteiger partial charge < -0.3 is 24.7 Å². The predicted octanol–water partition coefficient (Wildman–Crippen LogP) is 0.900. The van der Waals surface area contributed by atoms with Crippen molar-refractivity contribution in [2.75, 3.05) is 19.6 Å². The lowest BCUT2D eigenvalue weighted by Gasteiger charge is -2.45.